The number of aromatic nitrogens is 2. The molecule has 1 saturated heterocycles. The molecule has 6 heteroatoms. The third-order valence-electron chi connectivity index (χ3n) is 5.00. The second-order valence-electron chi connectivity index (χ2n) is 6.85. The van der Waals surface area contributed by atoms with Gasteiger partial charge in [0.1, 0.15) is 18.0 Å². The summed E-state index contributed by atoms with van der Waals surface area (Å²) in [6.07, 6.45) is 5.87. The summed E-state index contributed by atoms with van der Waals surface area (Å²) in [4.78, 5) is 25.6. The number of carbonyl (C=O) groups excluding carboxylic acids is 1. The summed E-state index contributed by atoms with van der Waals surface area (Å²) in [6.45, 7) is 8.49. The van der Waals surface area contributed by atoms with E-state index in [-0.39, 0.29) is 11.8 Å². The maximum Gasteiger partial charge on any atom is 0.228 e. The van der Waals surface area contributed by atoms with E-state index in [1.807, 2.05) is 6.07 Å². The van der Waals surface area contributed by atoms with Gasteiger partial charge in [0.25, 0.3) is 0 Å². The lowest BCUT2D eigenvalue weighted by Gasteiger charge is -2.37. The Labute approximate surface area is 138 Å². The Morgan fingerprint density at radius 1 is 1.17 bits per heavy atom. The molecule has 1 aromatic heterocycles. The monoisotopic (exact) mass is 317 g/mol. The second-order valence-corrected chi connectivity index (χ2v) is 6.85. The molecule has 2 aliphatic rings. The van der Waals surface area contributed by atoms with Crippen molar-refractivity contribution in [3.8, 4) is 0 Å². The lowest BCUT2D eigenvalue weighted by atomic mass is 10.1. The molecule has 2 fully saturated rings. The van der Waals surface area contributed by atoms with Gasteiger partial charge in [-0.2, -0.15) is 0 Å². The summed E-state index contributed by atoms with van der Waals surface area (Å²) < 4.78 is 0. The summed E-state index contributed by atoms with van der Waals surface area (Å²) in [5, 5.41) is 2.96. The van der Waals surface area contributed by atoms with Crippen LogP contribution in [0.15, 0.2) is 12.4 Å². The van der Waals surface area contributed by atoms with Crippen molar-refractivity contribution >= 4 is 17.5 Å². The van der Waals surface area contributed by atoms with Crippen molar-refractivity contribution in [1.29, 1.82) is 0 Å². The van der Waals surface area contributed by atoms with Crippen molar-refractivity contribution in [2.75, 3.05) is 36.4 Å². The predicted molar refractivity (Wildman–Crippen MR) is 91.5 cm³/mol. The molecule has 1 aliphatic carbocycles. The Kier molecular flexibility index (Phi) is 5.10. The first-order chi connectivity index (χ1) is 11.1. The normalized spacial score (nSPS) is 20.2. The van der Waals surface area contributed by atoms with E-state index in [0.29, 0.717) is 11.9 Å². The van der Waals surface area contributed by atoms with E-state index in [4.69, 9.17) is 0 Å². The van der Waals surface area contributed by atoms with Crippen LogP contribution in [0.5, 0.6) is 0 Å². The predicted octanol–water partition coefficient (Wildman–Crippen LogP) is 2.14. The maximum atomic E-state index is 12.2. The Morgan fingerprint density at radius 3 is 2.52 bits per heavy atom. The van der Waals surface area contributed by atoms with Gasteiger partial charge in [-0.05, 0) is 26.7 Å². The van der Waals surface area contributed by atoms with Crippen LogP contribution in [0.25, 0.3) is 0 Å². The minimum Gasteiger partial charge on any atom is -0.354 e. The fourth-order valence-corrected chi connectivity index (χ4v) is 3.47. The number of nitrogens with zero attached hydrogens (tertiary/aromatic N) is 4. The number of hydrogen-bond donors (Lipinski definition) is 1. The molecule has 3 rings (SSSR count). The molecule has 0 radical (unpaired) electrons. The Hall–Kier alpha value is -1.69. The first-order valence-electron chi connectivity index (χ1n) is 8.75. The zero-order valence-corrected chi connectivity index (χ0v) is 14.2. The van der Waals surface area contributed by atoms with Gasteiger partial charge >= 0.3 is 0 Å². The summed E-state index contributed by atoms with van der Waals surface area (Å²) >= 11 is 0. The van der Waals surface area contributed by atoms with Crippen molar-refractivity contribution in [1.82, 2.24) is 14.9 Å². The zero-order chi connectivity index (χ0) is 16.2. The molecule has 2 heterocycles. The molecule has 1 N–H and O–H groups in total. The van der Waals surface area contributed by atoms with E-state index < -0.39 is 0 Å². The van der Waals surface area contributed by atoms with Gasteiger partial charge in [-0.1, -0.05) is 12.8 Å². The summed E-state index contributed by atoms with van der Waals surface area (Å²) in [5.74, 6) is 1.79. The van der Waals surface area contributed by atoms with E-state index in [2.05, 4.69) is 38.9 Å². The topological polar surface area (TPSA) is 61.4 Å². The average Bonchev–Trinajstić information content (AvgIpc) is 3.10. The Morgan fingerprint density at radius 2 is 1.87 bits per heavy atom. The van der Waals surface area contributed by atoms with Crippen LogP contribution < -0.4 is 10.2 Å². The molecule has 1 saturated carbocycles. The molecule has 1 amide bonds. The summed E-state index contributed by atoms with van der Waals surface area (Å²) in [5.41, 5.74) is 0. The van der Waals surface area contributed by atoms with Crippen molar-refractivity contribution < 1.29 is 4.79 Å². The first kappa shape index (κ1) is 16.2. The molecule has 0 unspecified atom stereocenters. The molecule has 0 atom stereocenters. The van der Waals surface area contributed by atoms with Crippen molar-refractivity contribution in [3.05, 3.63) is 12.4 Å². The maximum absolute atomic E-state index is 12.2. The van der Waals surface area contributed by atoms with E-state index >= 15 is 0 Å². The smallest absolute Gasteiger partial charge is 0.228 e. The summed E-state index contributed by atoms with van der Waals surface area (Å²) in [7, 11) is 0. The highest BCUT2D eigenvalue weighted by molar-refractivity contribution is 5.92. The minimum atomic E-state index is 0.108. The van der Waals surface area contributed by atoms with Gasteiger partial charge in [-0.3, -0.25) is 9.69 Å². The third kappa shape index (κ3) is 3.99. The van der Waals surface area contributed by atoms with Crippen molar-refractivity contribution in [3.63, 3.8) is 0 Å². The number of carbonyl (C=O) groups is 1. The number of piperazine rings is 1. The van der Waals surface area contributed by atoms with Crippen LogP contribution in [0.3, 0.4) is 0 Å². The average molecular weight is 317 g/mol. The van der Waals surface area contributed by atoms with E-state index in [9.17, 15) is 4.79 Å². The van der Waals surface area contributed by atoms with Crippen LogP contribution in [0.2, 0.25) is 0 Å². The molecule has 23 heavy (non-hydrogen) atoms. The minimum absolute atomic E-state index is 0.108. The fraction of sp³-hybridized carbons (Fsp3) is 0.706. The fourth-order valence-electron chi connectivity index (χ4n) is 3.47. The number of amides is 1. The van der Waals surface area contributed by atoms with E-state index in [0.717, 1.165) is 57.7 Å². The quantitative estimate of drug-likeness (QED) is 0.922. The van der Waals surface area contributed by atoms with Crippen LogP contribution >= 0.6 is 0 Å². The molecule has 1 aromatic rings. The van der Waals surface area contributed by atoms with Crippen LogP contribution in [0.4, 0.5) is 11.6 Å². The number of rotatable bonds is 4. The highest BCUT2D eigenvalue weighted by atomic mass is 16.1. The van der Waals surface area contributed by atoms with Crippen LogP contribution in [0.1, 0.15) is 39.5 Å². The largest absolute Gasteiger partial charge is 0.354 e. The van der Waals surface area contributed by atoms with Crippen LogP contribution in [-0.2, 0) is 4.79 Å². The van der Waals surface area contributed by atoms with Gasteiger partial charge in [0.2, 0.25) is 5.91 Å². The molecule has 1 aliphatic heterocycles. The molecular formula is C17H27N5O. The van der Waals surface area contributed by atoms with Crippen molar-refractivity contribution in [2.24, 2.45) is 5.92 Å². The van der Waals surface area contributed by atoms with E-state index in [1.165, 1.54) is 0 Å². The van der Waals surface area contributed by atoms with Crippen LogP contribution in [0, 0.1) is 5.92 Å². The van der Waals surface area contributed by atoms with Gasteiger partial charge in [-0.15, -0.1) is 0 Å². The zero-order valence-electron chi connectivity index (χ0n) is 14.2. The van der Waals surface area contributed by atoms with Gasteiger partial charge < -0.3 is 10.2 Å². The molecule has 6 nitrogen and oxygen atoms in total. The van der Waals surface area contributed by atoms with Gasteiger partial charge in [0, 0.05) is 44.2 Å². The molecule has 0 spiro atoms. The number of anilines is 2. The highest BCUT2D eigenvalue weighted by Crippen LogP contribution is 2.26. The SMILES string of the molecule is CC(C)N1CCN(c2cc(NC(=O)C3CCCC3)ncn2)CC1. The van der Waals surface area contributed by atoms with Gasteiger partial charge in [0.15, 0.2) is 0 Å². The molecule has 0 aromatic carbocycles. The lowest BCUT2D eigenvalue weighted by molar-refractivity contribution is -0.119. The lowest BCUT2D eigenvalue weighted by Crippen LogP contribution is -2.49. The summed E-state index contributed by atoms with van der Waals surface area (Å²) in [6, 6.07) is 2.49. The second kappa shape index (κ2) is 7.25. The highest BCUT2D eigenvalue weighted by Gasteiger charge is 2.24. The van der Waals surface area contributed by atoms with Crippen molar-refractivity contribution in [2.45, 2.75) is 45.6 Å². The Bertz CT molecular complexity index is 534. The number of hydrogen-bond acceptors (Lipinski definition) is 5. The van der Waals surface area contributed by atoms with Gasteiger partial charge in [0.05, 0.1) is 0 Å². The first-order valence-corrected chi connectivity index (χ1v) is 8.75. The Balaban J connectivity index is 1.60. The number of nitrogens with one attached hydrogen (secondary N) is 1. The molecule has 0 bridgehead atoms. The molecule has 126 valence electrons. The third-order valence-corrected chi connectivity index (χ3v) is 5.00. The molecular weight excluding hydrogens is 290 g/mol. The standard InChI is InChI=1S/C17H27N5O/c1-13(2)21-7-9-22(10-8-21)16-11-15(18-12-19-16)20-17(23)14-5-3-4-6-14/h11-14H,3-10H2,1-2H3,(H,18,19,20,23). The van der Waals surface area contributed by atoms with E-state index in [1.54, 1.807) is 6.33 Å². The van der Waals surface area contributed by atoms with Crippen LogP contribution in [-0.4, -0.2) is 53.0 Å². The van der Waals surface area contributed by atoms with Gasteiger partial charge in [-0.25, -0.2) is 9.97 Å².